The van der Waals surface area contributed by atoms with Gasteiger partial charge in [0.15, 0.2) is 0 Å². The summed E-state index contributed by atoms with van der Waals surface area (Å²) in [5.41, 5.74) is 2.04. The van der Waals surface area contributed by atoms with E-state index < -0.39 is 0 Å². The molecule has 0 aliphatic heterocycles. The van der Waals surface area contributed by atoms with Gasteiger partial charge >= 0.3 is 0 Å². The van der Waals surface area contributed by atoms with Crippen LogP contribution >= 0.6 is 27.7 Å². The second kappa shape index (κ2) is 7.97. The zero-order valence-corrected chi connectivity index (χ0v) is 14.6. The van der Waals surface area contributed by atoms with Crippen LogP contribution in [0.2, 0.25) is 0 Å². The van der Waals surface area contributed by atoms with Crippen LogP contribution in [0.1, 0.15) is 11.1 Å². The molecule has 0 bridgehead atoms. The van der Waals surface area contributed by atoms with Crippen LogP contribution in [0, 0.1) is 12.7 Å². The standard InChI is InChI=1S/C17H19BrFNS/c1-12-5-3-4-6-17(12)21-11-15(20-2)9-13-7-8-14(18)10-16(13)19/h3-8,10,15,20H,9,11H2,1-2H3. The Labute approximate surface area is 138 Å². The molecule has 1 nitrogen and oxygen atoms in total. The Bertz CT molecular complexity index is 603. The number of hydrogen-bond acceptors (Lipinski definition) is 2. The molecule has 1 N–H and O–H groups in total. The highest BCUT2D eigenvalue weighted by Gasteiger charge is 2.12. The van der Waals surface area contributed by atoms with Crippen LogP contribution in [0.5, 0.6) is 0 Å². The van der Waals surface area contributed by atoms with Crippen molar-refractivity contribution in [3.63, 3.8) is 0 Å². The van der Waals surface area contributed by atoms with E-state index in [9.17, 15) is 4.39 Å². The Balaban J connectivity index is 1.99. The molecule has 0 amide bonds. The fourth-order valence-corrected chi connectivity index (χ4v) is 3.57. The molecule has 0 heterocycles. The lowest BCUT2D eigenvalue weighted by Crippen LogP contribution is -2.30. The van der Waals surface area contributed by atoms with E-state index >= 15 is 0 Å². The Morgan fingerprint density at radius 1 is 1.24 bits per heavy atom. The SMILES string of the molecule is CNC(CSc1ccccc1C)Cc1ccc(Br)cc1F. The molecule has 112 valence electrons. The maximum Gasteiger partial charge on any atom is 0.127 e. The van der Waals surface area contributed by atoms with Gasteiger partial charge in [0, 0.05) is 21.2 Å². The van der Waals surface area contributed by atoms with E-state index in [1.807, 2.05) is 37.0 Å². The third-order valence-electron chi connectivity index (χ3n) is 3.42. The summed E-state index contributed by atoms with van der Waals surface area (Å²) in [6, 6.07) is 13.9. The predicted octanol–water partition coefficient (Wildman–Crippen LogP) is 4.82. The molecule has 4 heteroatoms. The maximum atomic E-state index is 13.9. The highest BCUT2D eigenvalue weighted by atomic mass is 79.9. The van der Waals surface area contributed by atoms with Gasteiger partial charge in [0.2, 0.25) is 0 Å². The summed E-state index contributed by atoms with van der Waals surface area (Å²) in [5.74, 6) is 0.766. The number of aryl methyl sites for hydroxylation is 1. The fourth-order valence-electron chi connectivity index (χ4n) is 2.11. The molecule has 21 heavy (non-hydrogen) atoms. The molecular weight excluding hydrogens is 349 g/mol. The molecule has 0 saturated carbocycles. The number of halogens is 2. The summed E-state index contributed by atoms with van der Waals surface area (Å²) in [4.78, 5) is 1.29. The molecule has 0 aliphatic rings. The number of rotatable bonds is 6. The van der Waals surface area contributed by atoms with Crippen LogP contribution in [0.4, 0.5) is 4.39 Å². The van der Waals surface area contributed by atoms with Gasteiger partial charge in [0.25, 0.3) is 0 Å². The van der Waals surface area contributed by atoms with Crippen molar-refractivity contribution in [1.29, 1.82) is 0 Å². The van der Waals surface area contributed by atoms with E-state index in [1.165, 1.54) is 16.5 Å². The Morgan fingerprint density at radius 3 is 2.67 bits per heavy atom. The summed E-state index contributed by atoms with van der Waals surface area (Å²) in [5, 5.41) is 3.28. The van der Waals surface area contributed by atoms with Crippen molar-refractivity contribution in [3.8, 4) is 0 Å². The van der Waals surface area contributed by atoms with Crippen molar-refractivity contribution in [3.05, 3.63) is 63.9 Å². The molecular formula is C17H19BrFNS. The Hall–Kier alpha value is -0.840. The number of thioether (sulfide) groups is 1. The second-order valence-corrected chi connectivity index (χ2v) is 6.98. The third-order valence-corrected chi connectivity index (χ3v) is 5.25. The quantitative estimate of drug-likeness (QED) is 0.734. The number of hydrogen-bond donors (Lipinski definition) is 1. The van der Waals surface area contributed by atoms with Crippen molar-refractivity contribution < 1.29 is 4.39 Å². The Morgan fingerprint density at radius 2 is 2.00 bits per heavy atom. The van der Waals surface area contributed by atoms with Gasteiger partial charge in [-0.2, -0.15) is 0 Å². The van der Waals surface area contributed by atoms with Gasteiger partial charge in [-0.25, -0.2) is 4.39 Å². The third kappa shape index (κ3) is 4.83. The van der Waals surface area contributed by atoms with Crippen LogP contribution in [0.25, 0.3) is 0 Å². The molecule has 1 unspecified atom stereocenters. The lowest BCUT2D eigenvalue weighted by Gasteiger charge is -2.17. The first-order valence-electron chi connectivity index (χ1n) is 6.89. The van der Waals surface area contributed by atoms with Crippen LogP contribution in [0.15, 0.2) is 51.8 Å². The molecule has 0 radical (unpaired) electrons. The minimum absolute atomic E-state index is 0.148. The van der Waals surface area contributed by atoms with Crippen LogP contribution in [-0.4, -0.2) is 18.8 Å². The van der Waals surface area contributed by atoms with Gasteiger partial charge < -0.3 is 5.32 Å². The predicted molar refractivity (Wildman–Crippen MR) is 92.6 cm³/mol. The fraction of sp³-hybridized carbons (Fsp3) is 0.294. The summed E-state index contributed by atoms with van der Waals surface area (Å²) in [6.45, 7) is 2.12. The molecule has 0 spiro atoms. The highest BCUT2D eigenvalue weighted by molar-refractivity contribution is 9.10. The van der Waals surface area contributed by atoms with Crippen LogP contribution < -0.4 is 5.32 Å². The lowest BCUT2D eigenvalue weighted by atomic mass is 10.1. The van der Waals surface area contributed by atoms with Gasteiger partial charge in [-0.05, 0) is 49.7 Å². The number of benzene rings is 2. The van der Waals surface area contributed by atoms with Gasteiger partial charge in [0.1, 0.15) is 5.82 Å². The van der Waals surface area contributed by atoms with Crippen molar-refractivity contribution in [2.45, 2.75) is 24.3 Å². The van der Waals surface area contributed by atoms with E-state index in [-0.39, 0.29) is 11.9 Å². The molecule has 2 rings (SSSR count). The van der Waals surface area contributed by atoms with E-state index in [4.69, 9.17) is 0 Å². The summed E-state index contributed by atoms with van der Waals surface area (Å²) < 4.78 is 14.7. The smallest absolute Gasteiger partial charge is 0.127 e. The van der Waals surface area contributed by atoms with E-state index in [0.29, 0.717) is 6.42 Å². The van der Waals surface area contributed by atoms with Gasteiger partial charge in [-0.1, -0.05) is 40.2 Å². The molecule has 0 saturated heterocycles. The minimum atomic E-state index is -0.148. The molecule has 1 atom stereocenters. The first-order chi connectivity index (χ1) is 10.1. The van der Waals surface area contributed by atoms with Crippen molar-refractivity contribution >= 4 is 27.7 Å². The Kier molecular flexibility index (Phi) is 6.27. The first kappa shape index (κ1) is 16.5. The highest BCUT2D eigenvalue weighted by Crippen LogP contribution is 2.24. The van der Waals surface area contributed by atoms with E-state index in [2.05, 4.69) is 46.4 Å². The summed E-state index contributed by atoms with van der Waals surface area (Å²) >= 11 is 5.10. The van der Waals surface area contributed by atoms with Crippen molar-refractivity contribution in [1.82, 2.24) is 5.32 Å². The zero-order chi connectivity index (χ0) is 15.2. The molecule has 2 aromatic rings. The first-order valence-corrected chi connectivity index (χ1v) is 8.67. The van der Waals surface area contributed by atoms with Crippen molar-refractivity contribution in [2.75, 3.05) is 12.8 Å². The summed E-state index contributed by atoms with van der Waals surface area (Å²) in [6.07, 6.45) is 0.689. The largest absolute Gasteiger partial charge is 0.316 e. The minimum Gasteiger partial charge on any atom is -0.316 e. The molecule has 0 fully saturated rings. The van der Waals surface area contributed by atoms with Crippen molar-refractivity contribution in [2.24, 2.45) is 0 Å². The van der Waals surface area contributed by atoms with Gasteiger partial charge in [0.05, 0.1) is 0 Å². The zero-order valence-electron chi connectivity index (χ0n) is 12.2. The summed E-state index contributed by atoms with van der Waals surface area (Å²) in [7, 11) is 1.93. The topological polar surface area (TPSA) is 12.0 Å². The number of nitrogens with one attached hydrogen (secondary N) is 1. The second-order valence-electron chi connectivity index (χ2n) is 5.00. The van der Waals surface area contributed by atoms with E-state index in [1.54, 1.807) is 0 Å². The average molecular weight is 368 g/mol. The van der Waals surface area contributed by atoms with Crippen LogP contribution in [0.3, 0.4) is 0 Å². The van der Waals surface area contributed by atoms with Gasteiger partial charge in [-0.15, -0.1) is 11.8 Å². The average Bonchev–Trinajstić information content (AvgIpc) is 2.47. The monoisotopic (exact) mass is 367 g/mol. The molecule has 0 aliphatic carbocycles. The van der Waals surface area contributed by atoms with E-state index in [0.717, 1.165) is 15.8 Å². The lowest BCUT2D eigenvalue weighted by molar-refractivity contribution is 0.568. The van der Waals surface area contributed by atoms with Gasteiger partial charge in [-0.3, -0.25) is 0 Å². The number of likely N-dealkylation sites (N-methyl/N-ethyl adjacent to an activating group) is 1. The van der Waals surface area contributed by atoms with Crippen LogP contribution in [-0.2, 0) is 6.42 Å². The molecule has 2 aromatic carbocycles. The molecule has 0 aromatic heterocycles. The maximum absolute atomic E-state index is 13.9. The normalized spacial score (nSPS) is 12.4.